The molecule has 170 valence electrons. The summed E-state index contributed by atoms with van der Waals surface area (Å²) in [7, 11) is 3.13. The maximum absolute atomic E-state index is 12.5. The van der Waals surface area contributed by atoms with Gasteiger partial charge in [0, 0.05) is 16.9 Å². The minimum Gasteiger partial charge on any atom is -0.485 e. The normalized spacial score (nSPS) is 10.8. The number of anilines is 1. The third kappa shape index (κ3) is 5.81. The molecular weight excluding hydrogens is 472 g/mol. The van der Waals surface area contributed by atoms with E-state index in [1.807, 2.05) is 33.0 Å². The molecule has 0 atom stereocenters. The number of thioether (sulfide) groups is 1. The Balaban J connectivity index is 1.58. The number of ether oxygens (including phenoxy) is 2. The summed E-state index contributed by atoms with van der Waals surface area (Å²) >= 11 is 8.59. The van der Waals surface area contributed by atoms with Gasteiger partial charge in [0.05, 0.1) is 18.4 Å². The highest BCUT2D eigenvalue weighted by Gasteiger charge is 2.19. The minimum atomic E-state index is -0.474. The van der Waals surface area contributed by atoms with Gasteiger partial charge in [0.15, 0.2) is 11.0 Å². The SMILES string of the molecule is CCc1cc(C(=O)OC)c(NC(=O)CSc2nnc(COc3ccc(Cl)cc3C)n2C)s1. The molecule has 8 nitrogen and oxygen atoms in total. The molecule has 0 aliphatic carbocycles. The number of halogens is 1. The van der Waals surface area contributed by atoms with E-state index >= 15 is 0 Å². The molecule has 0 aliphatic heterocycles. The molecule has 0 unspecified atom stereocenters. The van der Waals surface area contributed by atoms with Crippen LogP contribution in [0.2, 0.25) is 5.02 Å². The Bertz CT molecular complexity index is 1130. The molecule has 3 aromatic rings. The van der Waals surface area contributed by atoms with Crippen LogP contribution in [0.25, 0.3) is 0 Å². The van der Waals surface area contributed by atoms with Crippen molar-refractivity contribution >= 4 is 51.6 Å². The quantitative estimate of drug-likeness (QED) is 0.345. The van der Waals surface area contributed by atoms with Crippen LogP contribution < -0.4 is 10.1 Å². The van der Waals surface area contributed by atoms with Crippen molar-refractivity contribution in [2.24, 2.45) is 7.05 Å². The molecule has 0 aliphatic rings. The molecule has 1 aromatic carbocycles. The minimum absolute atomic E-state index is 0.114. The molecule has 11 heteroatoms. The highest BCUT2D eigenvalue weighted by Crippen LogP contribution is 2.30. The predicted molar refractivity (Wildman–Crippen MR) is 126 cm³/mol. The molecule has 0 saturated carbocycles. The highest BCUT2D eigenvalue weighted by atomic mass is 35.5. The van der Waals surface area contributed by atoms with Crippen molar-refractivity contribution < 1.29 is 19.1 Å². The van der Waals surface area contributed by atoms with Gasteiger partial charge in [-0.1, -0.05) is 30.3 Å². The fourth-order valence-corrected chi connectivity index (χ4v) is 4.73. The summed E-state index contributed by atoms with van der Waals surface area (Å²) in [5.74, 6) is 0.735. The summed E-state index contributed by atoms with van der Waals surface area (Å²) in [5.41, 5.74) is 1.29. The van der Waals surface area contributed by atoms with E-state index in [0.717, 1.165) is 22.6 Å². The second-order valence-corrected chi connectivity index (χ2v) is 9.31. The van der Waals surface area contributed by atoms with E-state index in [-0.39, 0.29) is 18.3 Å². The molecule has 32 heavy (non-hydrogen) atoms. The smallest absolute Gasteiger partial charge is 0.340 e. The van der Waals surface area contributed by atoms with Crippen LogP contribution in [0.4, 0.5) is 5.00 Å². The summed E-state index contributed by atoms with van der Waals surface area (Å²) < 4.78 is 12.4. The van der Waals surface area contributed by atoms with Gasteiger partial charge in [0.25, 0.3) is 0 Å². The van der Waals surface area contributed by atoms with Crippen LogP contribution in [-0.2, 0) is 29.6 Å². The lowest BCUT2D eigenvalue weighted by atomic mass is 10.2. The number of benzene rings is 1. The van der Waals surface area contributed by atoms with Crippen LogP contribution in [0.3, 0.4) is 0 Å². The van der Waals surface area contributed by atoms with Gasteiger partial charge in [-0.05, 0) is 43.2 Å². The first-order valence-electron chi connectivity index (χ1n) is 9.73. The number of aromatic nitrogens is 3. The van der Waals surface area contributed by atoms with E-state index in [1.54, 1.807) is 16.7 Å². The van der Waals surface area contributed by atoms with Crippen LogP contribution in [0.1, 0.15) is 33.5 Å². The largest absolute Gasteiger partial charge is 0.485 e. The van der Waals surface area contributed by atoms with E-state index in [9.17, 15) is 9.59 Å². The monoisotopic (exact) mass is 494 g/mol. The maximum atomic E-state index is 12.5. The van der Waals surface area contributed by atoms with Crippen molar-refractivity contribution in [1.82, 2.24) is 14.8 Å². The Kier molecular flexibility index (Phi) is 8.16. The number of esters is 1. The van der Waals surface area contributed by atoms with Gasteiger partial charge in [-0.3, -0.25) is 4.79 Å². The van der Waals surface area contributed by atoms with Crippen LogP contribution >= 0.6 is 34.7 Å². The Labute approximate surface area is 199 Å². The zero-order chi connectivity index (χ0) is 23.3. The number of thiophene rings is 1. The van der Waals surface area contributed by atoms with E-state index in [2.05, 4.69) is 15.5 Å². The van der Waals surface area contributed by atoms with Gasteiger partial charge in [0.1, 0.15) is 17.4 Å². The van der Waals surface area contributed by atoms with Crippen molar-refractivity contribution in [2.75, 3.05) is 18.2 Å². The molecule has 1 N–H and O–H groups in total. The molecule has 0 fully saturated rings. The lowest BCUT2D eigenvalue weighted by Gasteiger charge is -2.09. The number of methoxy groups -OCH3 is 1. The third-order valence-electron chi connectivity index (χ3n) is 4.54. The Morgan fingerprint density at radius 1 is 1.28 bits per heavy atom. The molecule has 2 heterocycles. The van der Waals surface area contributed by atoms with Gasteiger partial charge < -0.3 is 19.4 Å². The number of nitrogens with one attached hydrogen (secondary N) is 1. The molecule has 1 amide bonds. The van der Waals surface area contributed by atoms with Gasteiger partial charge in [0.2, 0.25) is 5.91 Å². The zero-order valence-corrected chi connectivity index (χ0v) is 20.5. The fraction of sp³-hybridized carbons (Fsp3) is 0.333. The van der Waals surface area contributed by atoms with Crippen molar-refractivity contribution in [1.29, 1.82) is 0 Å². The second kappa shape index (κ2) is 10.8. The molecule has 0 saturated heterocycles. The van der Waals surface area contributed by atoms with Crippen molar-refractivity contribution in [3.63, 3.8) is 0 Å². The summed E-state index contributed by atoms with van der Waals surface area (Å²) in [6.07, 6.45) is 0.763. The van der Waals surface area contributed by atoms with Crippen LogP contribution in [0.5, 0.6) is 5.75 Å². The van der Waals surface area contributed by atoms with Crippen molar-refractivity contribution in [3.8, 4) is 5.75 Å². The number of amides is 1. The number of hydrogen-bond donors (Lipinski definition) is 1. The first kappa shape index (κ1) is 24.1. The molecule has 0 radical (unpaired) electrons. The number of carbonyl (C=O) groups excluding carboxylic acids is 2. The van der Waals surface area contributed by atoms with Gasteiger partial charge in [-0.15, -0.1) is 21.5 Å². The average molecular weight is 495 g/mol. The first-order chi connectivity index (χ1) is 15.3. The molecular formula is C21H23ClN4O4S2. The Morgan fingerprint density at radius 2 is 2.06 bits per heavy atom. The number of nitrogens with zero attached hydrogens (tertiary/aromatic N) is 3. The number of rotatable bonds is 9. The van der Waals surface area contributed by atoms with E-state index in [4.69, 9.17) is 21.1 Å². The molecule has 0 bridgehead atoms. The van der Waals surface area contributed by atoms with Crippen LogP contribution in [0.15, 0.2) is 29.4 Å². The summed E-state index contributed by atoms with van der Waals surface area (Å²) in [6, 6.07) is 7.15. The second-order valence-electron chi connectivity index (χ2n) is 6.79. The highest BCUT2D eigenvalue weighted by molar-refractivity contribution is 7.99. The van der Waals surface area contributed by atoms with E-state index in [0.29, 0.717) is 26.6 Å². The zero-order valence-electron chi connectivity index (χ0n) is 18.1. The van der Waals surface area contributed by atoms with Crippen LogP contribution in [0, 0.1) is 6.92 Å². The van der Waals surface area contributed by atoms with E-state index in [1.165, 1.54) is 30.2 Å². The maximum Gasteiger partial charge on any atom is 0.340 e. The number of hydrogen-bond acceptors (Lipinski definition) is 8. The third-order valence-corrected chi connectivity index (χ3v) is 6.99. The van der Waals surface area contributed by atoms with E-state index < -0.39 is 5.97 Å². The Morgan fingerprint density at radius 3 is 2.75 bits per heavy atom. The first-order valence-corrected chi connectivity index (χ1v) is 11.9. The fourth-order valence-electron chi connectivity index (χ4n) is 2.78. The van der Waals surface area contributed by atoms with Crippen LogP contribution in [-0.4, -0.2) is 39.5 Å². The van der Waals surface area contributed by atoms with Gasteiger partial charge in [-0.2, -0.15) is 0 Å². The molecule has 2 aromatic heterocycles. The molecule has 0 spiro atoms. The number of aryl methyl sites for hydroxylation is 2. The molecule has 3 rings (SSSR count). The summed E-state index contributed by atoms with van der Waals surface area (Å²) in [6.45, 7) is 4.13. The van der Waals surface area contributed by atoms with Crippen molar-refractivity contribution in [2.45, 2.75) is 32.0 Å². The van der Waals surface area contributed by atoms with Gasteiger partial charge in [-0.25, -0.2) is 4.79 Å². The van der Waals surface area contributed by atoms with Crippen molar-refractivity contribution in [3.05, 3.63) is 51.1 Å². The topological polar surface area (TPSA) is 95.3 Å². The van der Waals surface area contributed by atoms with Gasteiger partial charge >= 0.3 is 5.97 Å². The average Bonchev–Trinajstić information content (AvgIpc) is 3.34. The Hall–Kier alpha value is -2.56. The lowest BCUT2D eigenvalue weighted by molar-refractivity contribution is -0.113. The summed E-state index contributed by atoms with van der Waals surface area (Å²) in [4.78, 5) is 25.4. The summed E-state index contributed by atoms with van der Waals surface area (Å²) in [5, 5.41) is 12.8. The lowest BCUT2D eigenvalue weighted by Crippen LogP contribution is -2.16. The predicted octanol–water partition coefficient (Wildman–Crippen LogP) is 4.50. The standard InChI is InChI=1S/C21H23ClN4O4S2/c1-5-14-9-15(20(28)29-4)19(32-14)23-18(27)11-31-21-25-24-17(26(21)3)10-30-16-7-6-13(22)8-12(16)2/h6-9H,5,10-11H2,1-4H3,(H,23,27). The number of carbonyl (C=O) groups is 2.